The number of hydroxylamine groups is 1. The van der Waals surface area contributed by atoms with Gasteiger partial charge in [-0.2, -0.15) is 0 Å². The number of anilines is 1. The second-order valence-electron chi connectivity index (χ2n) is 8.39. The largest absolute Gasteiger partial charge is 0.481 e. The van der Waals surface area contributed by atoms with Crippen LogP contribution < -0.4 is 21.8 Å². The number of carboxylic acids is 1. The van der Waals surface area contributed by atoms with Gasteiger partial charge in [-0.25, -0.2) is 5.48 Å². The number of hydrogen-bond acceptors (Lipinski definition) is 7. The number of hydrogen-bond donors (Lipinski definition) is 7. The number of aliphatic carboxylic acids is 1. The fourth-order valence-corrected chi connectivity index (χ4v) is 3.54. The van der Waals surface area contributed by atoms with E-state index in [2.05, 4.69) is 10.6 Å². The molecule has 0 aliphatic heterocycles. The normalized spacial score (nSPS) is 13.2. The maximum Gasteiger partial charge on any atom is 0.307 e. The number of carbonyl (C=O) groups excluding carboxylic acids is 3. The Morgan fingerprint density at radius 2 is 1.53 bits per heavy atom. The Kier molecular flexibility index (Phi) is 11.0. The summed E-state index contributed by atoms with van der Waals surface area (Å²) in [7, 11) is 0. The lowest BCUT2D eigenvalue weighted by molar-refractivity contribution is -0.143. The van der Waals surface area contributed by atoms with Crippen LogP contribution in [-0.2, 0) is 14.4 Å². The highest BCUT2D eigenvalue weighted by molar-refractivity contribution is 5.98. The highest BCUT2D eigenvalue weighted by atomic mass is 16.5. The molecule has 0 heterocycles. The topological polar surface area (TPSA) is 191 Å². The summed E-state index contributed by atoms with van der Waals surface area (Å²) in [5.74, 6) is -3.69. The lowest BCUT2D eigenvalue weighted by Gasteiger charge is -2.19. The Labute approximate surface area is 208 Å². The van der Waals surface area contributed by atoms with Crippen molar-refractivity contribution in [3.63, 3.8) is 0 Å². The molecule has 2 aromatic carbocycles. The van der Waals surface area contributed by atoms with Crippen molar-refractivity contribution in [3.05, 3.63) is 54.1 Å². The molecule has 0 radical (unpaired) electrons. The minimum Gasteiger partial charge on any atom is -0.481 e. The van der Waals surface area contributed by atoms with E-state index in [0.29, 0.717) is 31.5 Å². The van der Waals surface area contributed by atoms with E-state index in [1.807, 2.05) is 0 Å². The third kappa shape index (κ3) is 8.45. The molecule has 0 unspecified atom stereocenters. The van der Waals surface area contributed by atoms with Crippen LogP contribution in [0.1, 0.15) is 43.0 Å². The van der Waals surface area contributed by atoms with Crippen molar-refractivity contribution in [2.75, 3.05) is 11.9 Å². The molecule has 36 heavy (non-hydrogen) atoms. The van der Waals surface area contributed by atoms with Gasteiger partial charge in [-0.3, -0.25) is 24.4 Å². The molecule has 0 spiro atoms. The molecule has 194 valence electrons. The first-order chi connectivity index (χ1) is 17.2. The van der Waals surface area contributed by atoms with Gasteiger partial charge in [-0.05, 0) is 61.7 Å². The number of aliphatic hydroxyl groups is 1. The van der Waals surface area contributed by atoms with Gasteiger partial charge in [-0.15, -0.1) is 0 Å². The van der Waals surface area contributed by atoms with Gasteiger partial charge in [-0.1, -0.05) is 30.7 Å². The molecule has 2 rings (SSSR count). The second kappa shape index (κ2) is 13.9. The molecule has 8 N–H and O–H groups in total. The molecule has 3 amide bonds. The fraction of sp³-hybridized carbons (Fsp3) is 0.360. The smallest absolute Gasteiger partial charge is 0.307 e. The zero-order valence-corrected chi connectivity index (χ0v) is 19.9. The molecule has 0 aliphatic rings. The van der Waals surface area contributed by atoms with Crippen molar-refractivity contribution < 1.29 is 34.6 Å². The number of amides is 3. The molecule has 2 aromatic rings. The van der Waals surface area contributed by atoms with Gasteiger partial charge in [0.1, 0.15) is 6.04 Å². The van der Waals surface area contributed by atoms with E-state index in [1.165, 1.54) is 12.4 Å². The standard InChI is InChI=1S/C25H32N4O7/c1-15(30)22(24(33)29-36)28-23(32)18-7-5-16(6-8-18)17-9-11-20(12-10-17)27-21(31)14-19(25(34)35)4-2-3-13-26/h5-12,15,19,22,30,36H,2-4,13-14,26H2,1H3,(H,27,31)(H,28,32)(H,29,33)(H,34,35)/t15-,19-,22+/m1/s1. The van der Waals surface area contributed by atoms with Crippen LogP contribution >= 0.6 is 0 Å². The summed E-state index contributed by atoms with van der Waals surface area (Å²) >= 11 is 0. The van der Waals surface area contributed by atoms with Gasteiger partial charge < -0.3 is 26.6 Å². The summed E-state index contributed by atoms with van der Waals surface area (Å²) in [6.45, 7) is 1.79. The van der Waals surface area contributed by atoms with Gasteiger partial charge in [0.05, 0.1) is 12.0 Å². The van der Waals surface area contributed by atoms with E-state index >= 15 is 0 Å². The van der Waals surface area contributed by atoms with E-state index in [4.69, 9.17) is 10.9 Å². The van der Waals surface area contributed by atoms with Crippen LogP contribution in [0.3, 0.4) is 0 Å². The molecular weight excluding hydrogens is 468 g/mol. The van der Waals surface area contributed by atoms with Crippen LogP contribution in [0.25, 0.3) is 11.1 Å². The van der Waals surface area contributed by atoms with Gasteiger partial charge in [0.2, 0.25) is 5.91 Å². The SMILES string of the molecule is C[C@@H](O)[C@H](NC(=O)c1ccc(-c2ccc(NC(=O)C[C@@H](CCCCN)C(=O)O)cc2)cc1)C(=O)NO. The van der Waals surface area contributed by atoms with E-state index in [-0.39, 0.29) is 17.9 Å². The highest BCUT2D eigenvalue weighted by Crippen LogP contribution is 2.23. The van der Waals surface area contributed by atoms with Gasteiger partial charge >= 0.3 is 5.97 Å². The lowest BCUT2D eigenvalue weighted by Crippen LogP contribution is -2.51. The number of nitrogens with one attached hydrogen (secondary N) is 3. The van der Waals surface area contributed by atoms with Crippen molar-refractivity contribution >= 4 is 29.4 Å². The summed E-state index contributed by atoms with van der Waals surface area (Å²) < 4.78 is 0. The molecule has 11 nitrogen and oxygen atoms in total. The summed E-state index contributed by atoms with van der Waals surface area (Å²) in [5.41, 5.74) is 9.21. The molecule has 0 bridgehead atoms. The Bertz CT molecular complexity index is 1040. The van der Waals surface area contributed by atoms with Crippen molar-refractivity contribution in [1.29, 1.82) is 0 Å². The Hall–Kier alpha value is -3.80. The van der Waals surface area contributed by atoms with E-state index in [0.717, 1.165) is 11.1 Å². The average Bonchev–Trinajstić information content (AvgIpc) is 2.86. The number of unbranched alkanes of at least 4 members (excludes halogenated alkanes) is 1. The molecule has 0 saturated heterocycles. The van der Waals surface area contributed by atoms with Crippen LogP contribution in [-0.4, -0.2) is 57.8 Å². The molecular formula is C25H32N4O7. The quantitative estimate of drug-likeness (QED) is 0.122. The summed E-state index contributed by atoms with van der Waals surface area (Å²) in [4.78, 5) is 47.7. The van der Waals surface area contributed by atoms with Crippen LogP contribution in [0.2, 0.25) is 0 Å². The number of carboxylic acid groups (broad SMARTS) is 1. The molecule has 0 saturated carbocycles. The van der Waals surface area contributed by atoms with Crippen molar-refractivity contribution in [2.24, 2.45) is 11.7 Å². The van der Waals surface area contributed by atoms with Crippen molar-refractivity contribution in [2.45, 2.75) is 44.8 Å². The van der Waals surface area contributed by atoms with Crippen LogP contribution in [0, 0.1) is 5.92 Å². The van der Waals surface area contributed by atoms with Crippen LogP contribution in [0.15, 0.2) is 48.5 Å². The van der Waals surface area contributed by atoms with E-state index < -0.39 is 35.8 Å². The van der Waals surface area contributed by atoms with E-state index in [9.17, 15) is 29.4 Å². The zero-order chi connectivity index (χ0) is 26.7. The third-order valence-corrected chi connectivity index (χ3v) is 5.60. The summed E-state index contributed by atoms with van der Waals surface area (Å²) in [5, 5.41) is 32.8. The number of rotatable bonds is 13. The predicted octanol–water partition coefficient (Wildman–Crippen LogP) is 1.50. The molecule has 0 fully saturated rings. The first kappa shape index (κ1) is 28.4. The van der Waals surface area contributed by atoms with Gasteiger partial charge in [0.15, 0.2) is 0 Å². The predicted molar refractivity (Wildman–Crippen MR) is 132 cm³/mol. The summed E-state index contributed by atoms with van der Waals surface area (Å²) in [6, 6.07) is 12.1. The minimum atomic E-state index is -1.32. The number of benzene rings is 2. The third-order valence-electron chi connectivity index (χ3n) is 5.60. The van der Waals surface area contributed by atoms with E-state index in [1.54, 1.807) is 48.5 Å². The minimum absolute atomic E-state index is 0.124. The molecule has 0 aliphatic carbocycles. The zero-order valence-electron chi connectivity index (χ0n) is 19.9. The lowest BCUT2D eigenvalue weighted by atomic mass is 9.98. The molecule has 3 atom stereocenters. The highest BCUT2D eigenvalue weighted by Gasteiger charge is 2.26. The maximum atomic E-state index is 12.4. The number of nitrogens with two attached hydrogens (primary N) is 1. The van der Waals surface area contributed by atoms with Crippen molar-refractivity contribution in [3.8, 4) is 11.1 Å². The maximum absolute atomic E-state index is 12.4. The fourth-order valence-electron chi connectivity index (χ4n) is 3.54. The molecule has 11 heteroatoms. The van der Waals surface area contributed by atoms with Gasteiger partial charge in [0.25, 0.3) is 11.8 Å². The average molecular weight is 501 g/mol. The van der Waals surface area contributed by atoms with Crippen LogP contribution in [0.5, 0.6) is 0 Å². The Balaban J connectivity index is 1.99. The number of aliphatic hydroxyl groups excluding tert-OH is 1. The van der Waals surface area contributed by atoms with Crippen molar-refractivity contribution in [1.82, 2.24) is 10.8 Å². The molecule has 0 aromatic heterocycles. The first-order valence-corrected chi connectivity index (χ1v) is 11.5. The summed E-state index contributed by atoms with van der Waals surface area (Å²) in [6.07, 6.45) is 0.407. The Morgan fingerprint density at radius 3 is 2.03 bits per heavy atom. The first-order valence-electron chi connectivity index (χ1n) is 11.5. The monoisotopic (exact) mass is 500 g/mol. The van der Waals surface area contributed by atoms with Crippen LogP contribution in [0.4, 0.5) is 5.69 Å². The van der Waals surface area contributed by atoms with Gasteiger partial charge in [0, 0.05) is 17.7 Å². The second-order valence-corrected chi connectivity index (χ2v) is 8.39. The Morgan fingerprint density at radius 1 is 0.944 bits per heavy atom. The number of carbonyl (C=O) groups is 4.